The van der Waals surface area contributed by atoms with Gasteiger partial charge in [-0.2, -0.15) is 0 Å². The Hall–Kier alpha value is -2.55. The molecule has 0 saturated carbocycles. The van der Waals surface area contributed by atoms with Crippen LogP contribution in [0.25, 0.3) is 20.8 Å². The molecule has 1 aliphatic rings. The van der Waals surface area contributed by atoms with Crippen LogP contribution in [0, 0.1) is 5.92 Å². The van der Waals surface area contributed by atoms with Gasteiger partial charge in [-0.1, -0.05) is 37.3 Å². The highest BCUT2D eigenvalue weighted by Crippen LogP contribution is 2.47. The van der Waals surface area contributed by atoms with Crippen molar-refractivity contribution < 1.29 is 13.2 Å². The Morgan fingerprint density at radius 3 is 2.65 bits per heavy atom. The SMILES string of the molecule is CC1CCc2c(sc(NC(=O)CCCS(=O)(=O)c3ccccc3)c2-c2nc3ccccc3s2)C1. The molecule has 5 nitrogen and oxygen atoms in total. The monoisotopic (exact) mass is 510 g/mol. The maximum Gasteiger partial charge on any atom is 0.225 e. The molecule has 1 N–H and O–H groups in total. The second kappa shape index (κ2) is 9.60. The zero-order chi connectivity index (χ0) is 23.7. The van der Waals surface area contributed by atoms with Crippen LogP contribution < -0.4 is 5.32 Å². The summed E-state index contributed by atoms with van der Waals surface area (Å²) >= 11 is 3.30. The molecule has 0 saturated heterocycles. The van der Waals surface area contributed by atoms with Gasteiger partial charge in [-0.15, -0.1) is 22.7 Å². The molecule has 2 heterocycles. The van der Waals surface area contributed by atoms with E-state index in [-0.39, 0.29) is 24.5 Å². The fraction of sp³-hybridized carbons (Fsp3) is 0.308. The van der Waals surface area contributed by atoms with E-state index in [4.69, 9.17) is 4.98 Å². The van der Waals surface area contributed by atoms with E-state index in [1.807, 2.05) is 18.2 Å². The summed E-state index contributed by atoms with van der Waals surface area (Å²) in [6, 6.07) is 16.5. The van der Waals surface area contributed by atoms with Gasteiger partial charge in [0.05, 0.1) is 20.9 Å². The predicted molar refractivity (Wildman–Crippen MR) is 140 cm³/mol. The fourth-order valence-electron chi connectivity index (χ4n) is 4.40. The average molecular weight is 511 g/mol. The molecule has 0 radical (unpaired) electrons. The van der Waals surface area contributed by atoms with Gasteiger partial charge in [0.2, 0.25) is 5.91 Å². The van der Waals surface area contributed by atoms with Crippen LogP contribution in [0.4, 0.5) is 5.00 Å². The third kappa shape index (κ3) is 4.80. The molecular weight excluding hydrogens is 484 g/mol. The molecule has 0 bridgehead atoms. The zero-order valence-electron chi connectivity index (χ0n) is 18.9. The van der Waals surface area contributed by atoms with Crippen molar-refractivity contribution in [2.24, 2.45) is 5.92 Å². The van der Waals surface area contributed by atoms with E-state index in [1.54, 1.807) is 53.0 Å². The van der Waals surface area contributed by atoms with Crippen LogP contribution in [0.1, 0.15) is 36.6 Å². The Labute approximate surface area is 207 Å². The number of thiophene rings is 1. The lowest BCUT2D eigenvalue weighted by Gasteiger charge is -2.18. The Kier molecular flexibility index (Phi) is 6.55. The maximum absolute atomic E-state index is 12.9. The van der Waals surface area contributed by atoms with Crippen LogP contribution in [0.15, 0.2) is 59.5 Å². The number of para-hydroxylation sites is 1. The summed E-state index contributed by atoms with van der Waals surface area (Å²) in [7, 11) is -3.39. The third-order valence-corrected chi connectivity index (χ3v) is 10.2. The van der Waals surface area contributed by atoms with E-state index in [2.05, 4.69) is 18.3 Å². The predicted octanol–water partition coefficient (Wildman–Crippen LogP) is 6.34. The van der Waals surface area contributed by atoms with Crippen LogP contribution in [0.3, 0.4) is 0 Å². The number of benzene rings is 2. The minimum Gasteiger partial charge on any atom is -0.317 e. The standard InChI is InChI=1S/C26H26N2O3S3/c1-17-13-14-19-22(16-17)33-26(24(19)25-27-20-10-5-6-11-21(20)32-25)28-23(29)12-7-15-34(30,31)18-8-3-2-4-9-18/h2-6,8-11,17H,7,12-16H2,1H3,(H,28,29). The molecule has 0 fully saturated rings. The number of aromatic nitrogens is 1. The average Bonchev–Trinajstić information content (AvgIpc) is 3.39. The lowest BCUT2D eigenvalue weighted by Crippen LogP contribution is -2.14. The summed E-state index contributed by atoms with van der Waals surface area (Å²) in [6.07, 6.45) is 3.57. The number of hydrogen-bond acceptors (Lipinski definition) is 6. The molecule has 4 aromatic rings. The first kappa shape index (κ1) is 23.2. The van der Waals surface area contributed by atoms with E-state index in [0.29, 0.717) is 10.8 Å². The number of thiazole rings is 1. The summed E-state index contributed by atoms with van der Waals surface area (Å²) in [5.41, 5.74) is 3.33. The normalized spacial score (nSPS) is 15.9. The zero-order valence-corrected chi connectivity index (χ0v) is 21.4. The number of fused-ring (bicyclic) bond motifs is 2. The van der Waals surface area contributed by atoms with Gasteiger partial charge in [0.1, 0.15) is 10.0 Å². The summed E-state index contributed by atoms with van der Waals surface area (Å²) < 4.78 is 26.2. The lowest BCUT2D eigenvalue weighted by atomic mass is 9.88. The number of nitrogens with one attached hydrogen (secondary N) is 1. The highest BCUT2D eigenvalue weighted by atomic mass is 32.2. The number of rotatable bonds is 7. The number of carbonyl (C=O) groups excluding carboxylic acids is 1. The van der Waals surface area contributed by atoms with Crippen molar-refractivity contribution in [1.29, 1.82) is 0 Å². The van der Waals surface area contributed by atoms with E-state index < -0.39 is 9.84 Å². The Balaban J connectivity index is 1.35. The number of sulfone groups is 1. The summed E-state index contributed by atoms with van der Waals surface area (Å²) in [5, 5.41) is 4.88. The van der Waals surface area contributed by atoms with Gasteiger partial charge < -0.3 is 5.32 Å². The Morgan fingerprint density at radius 1 is 1.09 bits per heavy atom. The van der Waals surface area contributed by atoms with Gasteiger partial charge >= 0.3 is 0 Å². The second-order valence-corrected chi connectivity index (χ2v) is 13.1. The van der Waals surface area contributed by atoms with E-state index in [1.165, 1.54) is 10.4 Å². The van der Waals surface area contributed by atoms with Crippen molar-refractivity contribution in [3.05, 3.63) is 65.0 Å². The van der Waals surface area contributed by atoms with Gasteiger partial charge in [0, 0.05) is 16.9 Å². The van der Waals surface area contributed by atoms with Gasteiger partial charge in [0.15, 0.2) is 9.84 Å². The summed E-state index contributed by atoms with van der Waals surface area (Å²) in [5.74, 6) is 0.423. The van der Waals surface area contributed by atoms with Crippen molar-refractivity contribution >= 4 is 53.6 Å². The molecule has 2 aromatic carbocycles. The van der Waals surface area contributed by atoms with Crippen LogP contribution in [-0.2, 0) is 27.5 Å². The highest BCUT2D eigenvalue weighted by molar-refractivity contribution is 7.91. The van der Waals surface area contributed by atoms with Gasteiger partial charge in [-0.3, -0.25) is 4.79 Å². The summed E-state index contributed by atoms with van der Waals surface area (Å²) in [6.45, 7) is 2.27. The Morgan fingerprint density at radius 2 is 1.85 bits per heavy atom. The largest absolute Gasteiger partial charge is 0.317 e. The Bertz CT molecular complexity index is 1410. The van der Waals surface area contributed by atoms with Crippen molar-refractivity contribution in [2.45, 2.75) is 43.9 Å². The first-order valence-electron chi connectivity index (χ1n) is 11.5. The van der Waals surface area contributed by atoms with Crippen LogP contribution in [-0.4, -0.2) is 25.1 Å². The molecule has 1 aliphatic carbocycles. The molecule has 1 amide bonds. The maximum atomic E-state index is 12.9. The van der Waals surface area contributed by atoms with Crippen LogP contribution in [0.2, 0.25) is 0 Å². The number of amides is 1. The molecule has 0 aliphatic heterocycles. The van der Waals surface area contributed by atoms with Crippen molar-refractivity contribution in [1.82, 2.24) is 4.98 Å². The number of hydrogen-bond donors (Lipinski definition) is 1. The van der Waals surface area contributed by atoms with Crippen molar-refractivity contribution in [3.63, 3.8) is 0 Å². The first-order chi connectivity index (χ1) is 16.4. The van der Waals surface area contributed by atoms with Crippen molar-refractivity contribution in [3.8, 4) is 10.6 Å². The molecule has 34 heavy (non-hydrogen) atoms. The second-order valence-electron chi connectivity index (χ2n) is 8.83. The molecule has 2 aromatic heterocycles. The van der Waals surface area contributed by atoms with Crippen LogP contribution in [0.5, 0.6) is 0 Å². The lowest BCUT2D eigenvalue weighted by molar-refractivity contribution is -0.116. The summed E-state index contributed by atoms with van der Waals surface area (Å²) in [4.78, 5) is 19.4. The molecule has 176 valence electrons. The molecular formula is C26H26N2O3S3. The number of anilines is 1. The number of carbonyl (C=O) groups is 1. The minimum atomic E-state index is -3.39. The van der Waals surface area contributed by atoms with E-state index in [9.17, 15) is 13.2 Å². The molecule has 1 unspecified atom stereocenters. The van der Waals surface area contributed by atoms with Crippen LogP contribution >= 0.6 is 22.7 Å². The van der Waals surface area contributed by atoms with E-state index >= 15 is 0 Å². The topological polar surface area (TPSA) is 76.1 Å². The molecule has 5 rings (SSSR count). The quantitative estimate of drug-likeness (QED) is 0.315. The number of nitrogens with zero attached hydrogens (tertiary/aromatic N) is 1. The van der Waals surface area contributed by atoms with Gasteiger partial charge in [0.25, 0.3) is 0 Å². The highest BCUT2D eigenvalue weighted by Gasteiger charge is 2.27. The molecule has 1 atom stereocenters. The third-order valence-electron chi connectivity index (χ3n) is 6.19. The van der Waals surface area contributed by atoms with Gasteiger partial charge in [-0.25, -0.2) is 13.4 Å². The van der Waals surface area contributed by atoms with E-state index in [0.717, 1.165) is 45.1 Å². The van der Waals surface area contributed by atoms with Crippen molar-refractivity contribution in [2.75, 3.05) is 11.1 Å². The smallest absolute Gasteiger partial charge is 0.225 e. The van der Waals surface area contributed by atoms with Gasteiger partial charge in [-0.05, 0) is 61.4 Å². The molecule has 0 spiro atoms. The molecule has 8 heteroatoms. The minimum absolute atomic E-state index is 0.0480. The fourth-order valence-corrected chi connectivity index (χ4v) is 8.27. The first-order valence-corrected chi connectivity index (χ1v) is 14.8.